The number of nitriles is 1. The van der Waals surface area contributed by atoms with Gasteiger partial charge >= 0.3 is 6.18 Å². The molecule has 0 aromatic carbocycles. The van der Waals surface area contributed by atoms with Crippen LogP contribution in [0, 0.1) is 17.2 Å². The Morgan fingerprint density at radius 3 is 2.75 bits per heavy atom. The third-order valence-electron chi connectivity index (χ3n) is 2.48. The molecule has 0 radical (unpaired) electrons. The summed E-state index contributed by atoms with van der Waals surface area (Å²) < 4.78 is 42.3. The van der Waals surface area contributed by atoms with Crippen LogP contribution in [0.4, 0.5) is 13.2 Å². The maximum absolute atomic E-state index is 12.3. The van der Waals surface area contributed by atoms with E-state index in [1.54, 1.807) is 4.90 Å². The minimum absolute atomic E-state index is 0.235. The first-order valence-electron chi connectivity index (χ1n) is 4.97. The van der Waals surface area contributed by atoms with Gasteiger partial charge in [0.2, 0.25) is 0 Å². The van der Waals surface area contributed by atoms with Crippen molar-refractivity contribution >= 4 is 0 Å². The summed E-state index contributed by atoms with van der Waals surface area (Å²) in [5, 5.41) is 8.46. The van der Waals surface area contributed by atoms with Gasteiger partial charge in [0, 0.05) is 26.2 Å². The average Bonchev–Trinajstić information content (AvgIpc) is 2.24. The van der Waals surface area contributed by atoms with Gasteiger partial charge in [0.05, 0.1) is 18.8 Å². The van der Waals surface area contributed by atoms with Crippen LogP contribution in [-0.2, 0) is 4.74 Å². The molecule has 0 bridgehead atoms. The number of hydrogen-bond donors (Lipinski definition) is 1. The fourth-order valence-electron chi connectivity index (χ4n) is 1.56. The molecule has 0 spiro atoms. The van der Waals surface area contributed by atoms with E-state index in [1.165, 1.54) is 6.07 Å². The van der Waals surface area contributed by atoms with Crippen molar-refractivity contribution in [2.75, 3.05) is 32.8 Å². The van der Waals surface area contributed by atoms with Gasteiger partial charge in [-0.1, -0.05) is 0 Å². The second-order valence-corrected chi connectivity index (χ2v) is 3.71. The second-order valence-electron chi connectivity index (χ2n) is 3.71. The van der Waals surface area contributed by atoms with Crippen molar-refractivity contribution < 1.29 is 17.9 Å². The van der Waals surface area contributed by atoms with E-state index in [9.17, 15) is 13.2 Å². The number of rotatable bonds is 3. The molecule has 1 heterocycles. The Bertz CT molecular complexity index is 264. The Labute approximate surface area is 91.8 Å². The van der Waals surface area contributed by atoms with Crippen molar-refractivity contribution in [2.45, 2.75) is 12.3 Å². The zero-order chi connectivity index (χ0) is 12.2. The molecule has 1 aliphatic rings. The fraction of sp³-hybridized carbons (Fsp3) is 0.889. The van der Waals surface area contributed by atoms with Gasteiger partial charge in [0.15, 0.2) is 5.92 Å². The summed E-state index contributed by atoms with van der Waals surface area (Å²) in [6.07, 6.45) is -4.70. The molecule has 4 nitrogen and oxygen atoms in total. The molecule has 2 N–H and O–H groups in total. The van der Waals surface area contributed by atoms with Gasteiger partial charge in [-0.25, -0.2) is 0 Å². The van der Waals surface area contributed by atoms with Crippen LogP contribution in [0.1, 0.15) is 0 Å². The molecule has 1 aliphatic heterocycles. The van der Waals surface area contributed by atoms with Crippen LogP contribution in [0.25, 0.3) is 0 Å². The van der Waals surface area contributed by atoms with Crippen LogP contribution < -0.4 is 5.73 Å². The van der Waals surface area contributed by atoms with Crippen molar-refractivity contribution in [1.82, 2.24) is 4.90 Å². The average molecular weight is 237 g/mol. The van der Waals surface area contributed by atoms with E-state index in [-0.39, 0.29) is 19.2 Å². The normalized spacial score (nSPS) is 25.1. The Morgan fingerprint density at radius 2 is 2.25 bits per heavy atom. The minimum atomic E-state index is -4.47. The van der Waals surface area contributed by atoms with E-state index in [0.717, 1.165) is 0 Å². The lowest BCUT2D eigenvalue weighted by Gasteiger charge is -2.33. The van der Waals surface area contributed by atoms with Crippen LogP contribution in [-0.4, -0.2) is 50.0 Å². The molecule has 1 saturated heterocycles. The highest BCUT2D eigenvalue weighted by Gasteiger charge is 2.41. The van der Waals surface area contributed by atoms with Gasteiger partial charge in [0.25, 0.3) is 0 Å². The number of hydrogen-bond acceptors (Lipinski definition) is 4. The van der Waals surface area contributed by atoms with Crippen LogP contribution >= 0.6 is 0 Å². The quantitative estimate of drug-likeness (QED) is 0.769. The fourth-order valence-corrected chi connectivity index (χ4v) is 1.56. The molecule has 1 rings (SSSR count). The zero-order valence-electron chi connectivity index (χ0n) is 8.70. The van der Waals surface area contributed by atoms with Crippen LogP contribution in [0.15, 0.2) is 0 Å². The molecule has 0 saturated carbocycles. The number of halogens is 3. The number of nitrogens with two attached hydrogens (primary N) is 1. The van der Waals surface area contributed by atoms with E-state index in [0.29, 0.717) is 19.7 Å². The topological polar surface area (TPSA) is 62.3 Å². The summed E-state index contributed by atoms with van der Waals surface area (Å²) in [5.74, 6) is -1.94. The first-order valence-corrected chi connectivity index (χ1v) is 4.97. The highest BCUT2D eigenvalue weighted by atomic mass is 19.4. The lowest BCUT2D eigenvalue weighted by Crippen LogP contribution is -2.48. The molecule has 0 aliphatic carbocycles. The van der Waals surface area contributed by atoms with E-state index in [1.807, 2.05) is 0 Å². The molecular weight excluding hydrogens is 223 g/mol. The van der Waals surface area contributed by atoms with Crippen LogP contribution in [0.3, 0.4) is 0 Å². The van der Waals surface area contributed by atoms with Gasteiger partial charge < -0.3 is 10.5 Å². The maximum Gasteiger partial charge on any atom is 0.405 e. The van der Waals surface area contributed by atoms with Crippen molar-refractivity contribution in [3.8, 4) is 6.07 Å². The molecule has 2 unspecified atom stereocenters. The molecule has 16 heavy (non-hydrogen) atoms. The summed E-state index contributed by atoms with van der Waals surface area (Å²) >= 11 is 0. The molecule has 2 atom stereocenters. The van der Waals surface area contributed by atoms with Gasteiger partial charge in [-0.05, 0) is 0 Å². The van der Waals surface area contributed by atoms with Gasteiger partial charge in [0.1, 0.15) is 0 Å². The van der Waals surface area contributed by atoms with E-state index in [4.69, 9.17) is 15.7 Å². The predicted molar refractivity (Wildman–Crippen MR) is 50.4 cm³/mol. The largest absolute Gasteiger partial charge is 0.405 e. The summed E-state index contributed by atoms with van der Waals surface area (Å²) in [4.78, 5) is 1.57. The zero-order valence-corrected chi connectivity index (χ0v) is 8.70. The van der Waals surface area contributed by atoms with E-state index < -0.39 is 12.1 Å². The smallest absolute Gasteiger partial charge is 0.374 e. The van der Waals surface area contributed by atoms with E-state index in [2.05, 4.69) is 0 Å². The lowest BCUT2D eigenvalue weighted by atomic mass is 10.1. The third-order valence-corrected chi connectivity index (χ3v) is 2.48. The van der Waals surface area contributed by atoms with Gasteiger partial charge in [-0.2, -0.15) is 18.4 Å². The summed E-state index contributed by atoms with van der Waals surface area (Å²) in [5.41, 5.74) is 5.38. The molecule has 0 aromatic heterocycles. The Hall–Kier alpha value is -0.840. The van der Waals surface area contributed by atoms with Gasteiger partial charge in [-0.3, -0.25) is 4.90 Å². The summed E-state index contributed by atoms with van der Waals surface area (Å²) in [6.45, 7) is 1.09. The SMILES string of the molecule is N#CC(CN1CCOC(CN)C1)C(F)(F)F. The standard InChI is InChI=1S/C9H14F3N3O/c10-9(11,12)7(3-13)5-15-1-2-16-8(4-14)6-15/h7-8H,1-2,4-6,14H2. The van der Waals surface area contributed by atoms with Crippen molar-refractivity contribution in [3.05, 3.63) is 0 Å². The molecule has 92 valence electrons. The molecule has 7 heteroatoms. The number of morpholine rings is 1. The number of nitrogens with zero attached hydrogens (tertiary/aromatic N) is 2. The van der Waals surface area contributed by atoms with Gasteiger partial charge in [-0.15, -0.1) is 0 Å². The van der Waals surface area contributed by atoms with Crippen molar-refractivity contribution in [1.29, 1.82) is 5.26 Å². The van der Waals surface area contributed by atoms with Crippen molar-refractivity contribution in [2.24, 2.45) is 11.7 Å². The maximum atomic E-state index is 12.3. The Balaban J connectivity index is 2.50. The number of ether oxygens (including phenoxy) is 1. The highest BCUT2D eigenvalue weighted by Crippen LogP contribution is 2.26. The van der Waals surface area contributed by atoms with Crippen molar-refractivity contribution in [3.63, 3.8) is 0 Å². The first kappa shape index (κ1) is 13.2. The predicted octanol–water partition coefficient (Wildman–Crippen LogP) is 0.348. The molecule has 1 fully saturated rings. The summed E-state index contributed by atoms with van der Waals surface area (Å²) in [6, 6.07) is 1.28. The third kappa shape index (κ3) is 3.63. The van der Waals surface area contributed by atoms with Crippen LogP contribution in [0.2, 0.25) is 0 Å². The summed E-state index contributed by atoms with van der Waals surface area (Å²) in [7, 11) is 0. The Morgan fingerprint density at radius 1 is 1.56 bits per heavy atom. The second kappa shape index (κ2) is 5.48. The molecule has 0 aromatic rings. The lowest BCUT2D eigenvalue weighted by molar-refractivity contribution is -0.166. The monoisotopic (exact) mass is 237 g/mol. The first-order chi connectivity index (χ1) is 7.47. The van der Waals surface area contributed by atoms with E-state index >= 15 is 0 Å². The number of alkyl halides is 3. The minimum Gasteiger partial charge on any atom is -0.374 e. The molecular formula is C9H14F3N3O. The molecule has 0 amide bonds. The highest BCUT2D eigenvalue weighted by molar-refractivity contribution is 4.91. The Kier molecular flexibility index (Phi) is 4.53. The van der Waals surface area contributed by atoms with Crippen LogP contribution in [0.5, 0.6) is 0 Å².